The van der Waals surface area contributed by atoms with Gasteiger partial charge in [-0.3, -0.25) is 0 Å². The third-order valence-electron chi connectivity index (χ3n) is 3.68. The second kappa shape index (κ2) is 17.7. The van der Waals surface area contributed by atoms with Crippen molar-refractivity contribution in [3.8, 4) is 0 Å². The maximum Gasteiger partial charge on any atom is 0.328 e. The lowest BCUT2D eigenvalue weighted by Gasteiger charge is -2.01. The van der Waals surface area contributed by atoms with E-state index in [1.165, 1.54) is 76.7 Å². The van der Waals surface area contributed by atoms with Gasteiger partial charge in [-0.15, -0.1) is 0 Å². The fourth-order valence-electron chi connectivity index (χ4n) is 2.36. The maximum absolute atomic E-state index is 10.6. The van der Waals surface area contributed by atoms with Crippen LogP contribution in [0.3, 0.4) is 0 Å². The van der Waals surface area contributed by atoms with Gasteiger partial charge in [0.05, 0.1) is 0 Å². The SMILES string of the molecule is [2H]OC(=O)C=CC=CC=CCCCCCCCCCCCCC. The highest BCUT2D eigenvalue weighted by Crippen LogP contribution is 2.11. The maximum atomic E-state index is 10.6. The fourth-order valence-corrected chi connectivity index (χ4v) is 2.36. The van der Waals surface area contributed by atoms with Crippen molar-refractivity contribution in [1.29, 1.82) is 1.43 Å². The largest absolute Gasteiger partial charge is 0.478 e. The first-order valence-electron chi connectivity index (χ1n) is 9.39. The molecule has 0 spiro atoms. The van der Waals surface area contributed by atoms with Crippen molar-refractivity contribution in [1.82, 2.24) is 0 Å². The van der Waals surface area contributed by atoms with Gasteiger partial charge in [-0.05, 0) is 12.8 Å². The van der Waals surface area contributed by atoms with E-state index in [2.05, 4.69) is 18.1 Å². The van der Waals surface area contributed by atoms with Crippen LogP contribution in [-0.4, -0.2) is 11.1 Å². The van der Waals surface area contributed by atoms with Gasteiger partial charge < -0.3 is 5.11 Å². The van der Waals surface area contributed by atoms with E-state index in [1.807, 2.05) is 12.2 Å². The molecule has 22 heavy (non-hydrogen) atoms. The van der Waals surface area contributed by atoms with Gasteiger partial charge >= 0.3 is 5.97 Å². The Kier molecular flexibility index (Phi) is 15.1. The molecule has 0 fully saturated rings. The summed E-state index contributed by atoms with van der Waals surface area (Å²) in [5, 5.41) is 3.75. The minimum absolute atomic E-state index is 0.653. The van der Waals surface area contributed by atoms with Crippen LogP contribution in [-0.2, 0) is 4.79 Å². The number of carboxylic acids is 1. The summed E-state index contributed by atoms with van der Waals surface area (Å²) < 4.78 is 6.37. The zero-order valence-electron chi connectivity index (χ0n) is 15.3. The van der Waals surface area contributed by atoms with E-state index in [4.69, 9.17) is 1.43 Å². The van der Waals surface area contributed by atoms with Gasteiger partial charge in [0.2, 0.25) is 0 Å². The molecule has 0 aromatic rings. The Balaban J connectivity index is 3.26. The molecule has 0 aliphatic rings. The average molecular weight is 307 g/mol. The molecule has 2 nitrogen and oxygen atoms in total. The molecule has 0 radical (unpaired) electrons. The first-order chi connectivity index (χ1) is 11.3. The molecule has 0 saturated heterocycles. The summed E-state index contributed by atoms with van der Waals surface area (Å²) >= 11 is 0. The summed E-state index contributed by atoms with van der Waals surface area (Å²) in [7, 11) is 0. The second-order valence-electron chi connectivity index (χ2n) is 5.82. The molecule has 0 aromatic heterocycles. The third-order valence-corrected chi connectivity index (χ3v) is 3.68. The van der Waals surface area contributed by atoms with Crippen LogP contribution < -0.4 is 0 Å². The number of allylic oxidation sites excluding steroid dienone is 5. The fraction of sp³-hybridized carbons (Fsp3) is 0.650. The van der Waals surface area contributed by atoms with Crippen molar-refractivity contribution in [2.75, 3.05) is 0 Å². The Morgan fingerprint density at radius 1 is 0.818 bits per heavy atom. The summed E-state index contributed by atoms with van der Waals surface area (Å²) in [5.74, 6) is -0.653. The number of carbonyl (C=O) groups is 1. The average Bonchev–Trinajstić information content (AvgIpc) is 2.57. The van der Waals surface area contributed by atoms with Gasteiger partial charge in [0.25, 0.3) is 1.43 Å². The van der Waals surface area contributed by atoms with Gasteiger partial charge in [0, 0.05) is 6.08 Å². The number of hydrogen-bond acceptors (Lipinski definition) is 2. The minimum atomic E-state index is -0.653. The molecule has 2 heteroatoms. The van der Waals surface area contributed by atoms with E-state index < -0.39 is 5.97 Å². The topological polar surface area (TPSA) is 37.3 Å². The summed E-state index contributed by atoms with van der Waals surface area (Å²) in [6.45, 7) is 2.27. The highest BCUT2D eigenvalue weighted by atomic mass is 16.4. The molecular formula is C20H34O2. The number of carboxylic acid groups (broad SMARTS) is 1. The molecular weight excluding hydrogens is 272 g/mol. The number of rotatable bonds is 15. The predicted molar refractivity (Wildman–Crippen MR) is 96.1 cm³/mol. The Bertz CT molecular complexity index is 346. The predicted octanol–water partition coefficient (Wildman–Crippen LogP) is 6.44. The molecule has 0 aromatic carbocycles. The lowest BCUT2D eigenvalue weighted by Crippen LogP contribution is -1.84. The zero-order valence-corrected chi connectivity index (χ0v) is 14.3. The molecule has 0 rings (SSSR count). The van der Waals surface area contributed by atoms with E-state index in [0.717, 1.165) is 6.42 Å². The third kappa shape index (κ3) is 18.7. The van der Waals surface area contributed by atoms with E-state index in [0.29, 0.717) is 0 Å². The monoisotopic (exact) mass is 307 g/mol. The van der Waals surface area contributed by atoms with E-state index in [-0.39, 0.29) is 0 Å². The summed E-state index contributed by atoms with van der Waals surface area (Å²) in [5.41, 5.74) is 0. The van der Waals surface area contributed by atoms with Gasteiger partial charge in [-0.25, -0.2) is 4.79 Å². The van der Waals surface area contributed by atoms with Crippen molar-refractivity contribution >= 4 is 5.97 Å². The van der Waals surface area contributed by atoms with Gasteiger partial charge in [0.1, 0.15) is 0 Å². The molecule has 0 bridgehead atoms. The normalized spacial score (nSPS) is 12.5. The lowest BCUT2D eigenvalue weighted by atomic mass is 10.1. The van der Waals surface area contributed by atoms with Gasteiger partial charge in [0.15, 0.2) is 0 Å². The van der Waals surface area contributed by atoms with Crippen LogP contribution in [0.25, 0.3) is 1.43 Å². The first-order valence-corrected chi connectivity index (χ1v) is 8.98. The van der Waals surface area contributed by atoms with Crippen molar-refractivity contribution in [3.63, 3.8) is 0 Å². The Labute approximate surface area is 138 Å². The Morgan fingerprint density at radius 3 is 1.95 bits per heavy atom. The molecule has 126 valence electrons. The van der Waals surface area contributed by atoms with Crippen molar-refractivity contribution in [3.05, 3.63) is 36.5 Å². The van der Waals surface area contributed by atoms with Crippen LogP contribution in [0.2, 0.25) is 0 Å². The summed E-state index contributed by atoms with van der Waals surface area (Å²) in [6, 6.07) is 0. The van der Waals surface area contributed by atoms with E-state index in [1.54, 1.807) is 12.2 Å². The molecule has 0 unspecified atom stereocenters. The molecule has 0 aliphatic heterocycles. The van der Waals surface area contributed by atoms with Crippen LogP contribution in [0, 0.1) is 0 Å². The van der Waals surface area contributed by atoms with Crippen LogP contribution in [0.1, 0.15) is 84.0 Å². The smallest absolute Gasteiger partial charge is 0.328 e. The van der Waals surface area contributed by atoms with Gasteiger partial charge in [-0.1, -0.05) is 102 Å². The number of aliphatic carboxylic acids is 1. The molecule has 0 amide bonds. The lowest BCUT2D eigenvalue weighted by molar-refractivity contribution is -0.131. The molecule has 0 saturated carbocycles. The van der Waals surface area contributed by atoms with Crippen LogP contribution in [0.5, 0.6) is 0 Å². The standard InChI is InChI=1S/C20H34O2/c1-2-3-4-5-6-7-8-9-10-11-12-13-14-15-16-17-18-19-20(21)22/h14-19H,2-13H2,1H3,(H,21,22)/i/hD. The zero-order chi connectivity index (χ0) is 17.0. The van der Waals surface area contributed by atoms with Crippen molar-refractivity contribution in [2.45, 2.75) is 84.0 Å². The Morgan fingerprint density at radius 2 is 1.36 bits per heavy atom. The number of unbranched alkanes of at least 4 members (excludes halogenated alkanes) is 11. The molecule has 0 atom stereocenters. The highest BCUT2D eigenvalue weighted by Gasteiger charge is 1.92. The van der Waals surface area contributed by atoms with E-state index >= 15 is 0 Å². The summed E-state index contributed by atoms with van der Waals surface area (Å²) in [4.78, 5) is 10.6. The first kappa shape index (κ1) is 18.7. The second-order valence-corrected chi connectivity index (χ2v) is 5.82. The van der Waals surface area contributed by atoms with Gasteiger partial charge in [-0.2, -0.15) is 0 Å². The van der Waals surface area contributed by atoms with Crippen LogP contribution in [0.4, 0.5) is 0 Å². The minimum Gasteiger partial charge on any atom is -0.478 e. The quantitative estimate of drug-likeness (QED) is 0.215. The van der Waals surface area contributed by atoms with Crippen LogP contribution in [0.15, 0.2) is 36.5 Å². The van der Waals surface area contributed by atoms with Crippen molar-refractivity contribution < 1.29 is 9.90 Å². The molecule has 0 aliphatic carbocycles. The highest BCUT2D eigenvalue weighted by molar-refractivity contribution is 5.80. The molecule has 1 N–H and O–H groups in total. The van der Waals surface area contributed by atoms with E-state index in [9.17, 15) is 4.79 Å². The van der Waals surface area contributed by atoms with Crippen LogP contribution >= 0.6 is 0 Å². The van der Waals surface area contributed by atoms with Crippen molar-refractivity contribution in [2.24, 2.45) is 0 Å². The molecule has 0 heterocycles. The number of hydrogen-bond donors (Lipinski definition) is 1. The summed E-state index contributed by atoms with van der Waals surface area (Å²) in [6.07, 6.45) is 26.8. The Hall–Kier alpha value is -1.31.